The highest BCUT2D eigenvalue weighted by molar-refractivity contribution is 6.04. The first-order valence-electron chi connectivity index (χ1n) is 12.0. The maximum atomic E-state index is 12.8. The smallest absolute Gasteiger partial charge is 0.256 e. The Balaban J connectivity index is 1.13. The normalized spacial score (nSPS) is 23.4. The number of nitrogens with zero attached hydrogens (tertiary/aromatic N) is 3. The standard InChI is InChI=1S/C24H34N6O3/c1-16(2)11-18-13-19(28-27-18)14-29-9-6-20(7-10-29)30-23(5-8-25-30)26-24(31)17-3-4-21-22(12-17)33-15-32-21/h3-5,8,12,16,18-20,27-28H,6-7,9-11,13-15H2,1-2H3,(H,26,31). The Labute approximate surface area is 194 Å². The fourth-order valence-corrected chi connectivity index (χ4v) is 5.13. The lowest BCUT2D eigenvalue weighted by Crippen LogP contribution is -2.44. The van der Waals surface area contributed by atoms with Crippen LogP contribution < -0.4 is 25.6 Å². The molecule has 1 aromatic heterocycles. The van der Waals surface area contributed by atoms with Gasteiger partial charge in [-0.3, -0.25) is 15.6 Å². The summed E-state index contributed by atoms with van der Waals surface area (Å²) in [5, 5.41) is 7.55. The third-order valence-electron chi connectivity index (χ3n) is 6.74. The second-order valence-corrected chi connectivity index (χ2v) is 9.76. The Morgan fingerprint density at radius 2 is 1.94 bits per heavy atom. The summed E-state index contributed by atoms with van der Waals surface area (Å²) in [6, 6.07) is 8.46. The molecule has 4 heterocycles. The monoisotopic (exact) mass is 454 g/mol. The molecule has 2 unspecified atom stereocenters. The SMILES string of the molecule is CC(C)CC1CC(CN2CCC(n3nccc3NC(=O)c3ccc4c(c3)OCO4)CC2)NN1. The Bertz CT molecular complexity index is 969. The number of ether oxygens (including phenoxy) is 2. The third-order valence-corrected chi connectivity index (χ3v) is 6.74. The lowest BCUT2D eigenvalue weighted by atomic mass is 9.99. The van der Waals surface area contributed by atoms with Gasteiger partial charge < -0.3 is 19.7 Å². The topological polar surface area (TPSA) is 92.7 Å². The first kappa shape index (κ1) is 22.2. The van der Waals surface area contributed by atoms with Gasteiger partial charge in [0.2, 0.25) is 6.79 Å². The molecule has 0 bridgehead atoms. The number of likely N-dealkylation sites (tertiary alicyclic amines) is 1. The summed E-state index contributed by atoms with van der Waals surface area (Å²) >= 11 is 0. The van der Waals surface area contributed by atoms with E-state index in [-0.39, 0.29) is 18.7 Å². The van der Waals surface area contributed by atoms with E-state index in [9.17, 15) is 4.79 Å². The number of aromatic nitrogens is 2. The zero-order valence-corrected chi connectivity index (χ0v) is 19.4. The quantitative estimate of drug-likeness (QED) is 0.592. The summed E-state index contributed by atoms with van der Waals surface area (Å²) < 4.78 is 12.7. The maximum absolute atomic E-state index is 12.8. The Morgan fingerprint density at radius 3 is 2.76 bits per heavy atom. The van der Waals surface area contributed by atoms with Crippen LogP contribution >= 0.6 is 0 Å². The fourth-order valence-electron chi connectivity index (χ4n) is 5.13. The average molecular weight is 455 g/mol. The summed E-state index contributed by atoms with van der Waals surface area (Å²) in [6.07, 6.45) is 6.19. The number of carbonyl (C=O) groups is 1. The van der Waals surface area contributed by atoms with Gasteiger partial charge in [-0.25, -0.2) is 4.68 Å². The second kappa shape index (κ2) is 9.70. The van der Waals surface area contributed by atoms with Gasteiger partial charge in [0.05, 0.1) is 12.2 Å². The number of rotatable bonds is 7. The molecular weight excluding hydrogens is 420 g/mol. The molecular formula is C24H34N6O3. The van der Waals surface area contributed by atoms with Crippen molar-refractivity contribution < 1.29 is 14.3 Å². The zero-order valence-electron chi connectivity index (χ0n) is 19.4. The number of hydrazine groups is 1. The molecule has 3 aliphatic heterocycles. The summed E-state index contributed by atoms with van der Waals surface area (Å²) in [4.78, 5) is 15.4. The van der Waals surface area contributed by atoms with Gasteiger partial charge in [-0.15, -0.1) is 0 Å². The molecule has 0 spiro atoms. The van der Waals surface area contributed by atoms with Crippen LogP contribution in [0.3, 0.4) is 0 Å². The van der Waals surface area contributed by atoms with Gasteiger partial charge in [0.25, 0.3) is 5.91 Å². The van der Waals surface area contributed by atoms with Crippen molar-refractivity contribution in [3.8, 4) is 11.5 Å². The molecule has 2 aromatic rings. The largest absolute Gasteiger partial charge is 0.454 e. The predicted octanol–water partition coefficient (Wildman–Crippen LogP) is 2.78. The summed E-state index contributed by atoms with van der Waals surface area (Å²) in [5.74, 6) is 2.54. The minimum absolute atomic E-state index is 0.178. The summed E-state index contributed by atoms with van der Waals surface area (Å²) in [5.41, 5.74) is 7.49. The van der Waals surface area contributed by atoms with Crippen molar-refractivity contribution in [2.45, 2.75) is 57.7 Å². The van der Waals surface area contributed by atoms with Gasteiger partial charge in [-0.2, -0.15) is 5.10 Å². The number of hydrogen-bond donors (Lipinski definition) is 3. The van der Waals surface area contributed by atoms with Gasteiger partial charge in [0.1, 0.15) is 5.82 Å². The van der Waals surface area contributed by atoms with E-state index in [1.807, 2.05) is 10.7 Å². The van der Waals surface area contributed by atoms with Gasteiger partial charge in [-0.05, 0) is 49.8 Å². The van der Waals surface area contributed by atoms with E-state index in [1.165, 1.54) is 12.8 Å². The highest BCUT2D eigenvalue weighted by Crippen LogP contribution is 2.33. The molecule has 3 N–H and O–H groups in total. The van der Waals surface area contributed by atoms with Crippen molar-refractivity contribution in [2.24, 2.45) is 5.92 Å². The van der Waals surface area contributed by atoms with Crippen LogP contribution in [0.25, 0.3) is 0 Å². The summed E-state index contributed by atoms with van der Waals surface area (Å²) in [7, 11) is 0. The highest BCUT2D eigenvalue weighted by atomic mass is 16.7. The van der Waals surface area contributed by atoms with Crippen LogP contribution in [0.1, 0.15) is 55.9 Å². The van der Waals surface area contributed by atoms with E-state index < -0.39 is 0 Å². The molecule has 178 valence electrons. The number of amides is 1. The maximum Gasteiger partial charge on any atom is 0.256 e. The first-order chi connectivity index (χ1) is 16.0. The third kappa shape index (κ3) is 5.15. The van der Waals surface area contributed by atoms with Gasteiger partial charge in [-0.1, -0.05) is 13.8 Å². The van der Waals surface area contributed by atoms with E-state index in [0.717, 1.165) is 38.3 Å². The van der Waals surface area contributed by atoms with Crippen LogP contribution in [-0.2, 0) is 0 Å². The van der Waals surface area contributed by atoms with Crippen molar-refractivity contribution in [1.82, 2.24) is 25.5 Å². The molecule has 0 aliphatic carbocycles. The molecule has 5 rings (SSSR count). The van der Waals surface area contributed by atoms with E-state index >= 15 is 0 Å². The van der Waals surface area contributed by atoms with Crippen molar-refractivity contribution in [3.63, 3.8) is 0 Å². The van der Waals surface area contributed by atoms with Gasteiger partial charge >= 0.3 is 0 Å². The molecule has 9 heteroatoms. The second-order valence-electron chi connectivity index (χ2n) is 9.76. The first-order valence-corrected chi connectivity index (χ1v) is 12.0. The average Bonchev–Trinajstić information content (AvgIpc) is 3.55. The number of fused-ring (bicyclic) bond motifs is 1. The zero-order chi connectivity index (χ0) is 22.8. The summed E-state index contributed by atoms with van der Waals surface area (Å²) in [6.45, 7) is 7.89. The van der Waals surface area contributed by atoms with Gasteiger partial charge in [0, 0.05) is 43.3 Å². The van der Waals surface area contributed by atoms with E-state index in [0.29, 0.717) is 35.1 Å². The van der Waals surface area contributed by atoms with Crippen molar-refractivity contribution in [1.29, 1.82) is 0 Å². The Morgan fingerprint density at radius 1 is 1.15 bits per heavy atom. The van der Waals surface area contributed by atoms with Crippen molar-refractivity contribution in [2.75, 3.05) is 31.7 Å². The van der Waals surface area contributed by atoms with Gasteiger partial charge in [0.15, 0.2) is 11.5 Å². The van der Waals surface area contributed by atoms with Crippen LogP contribution in [0.2, 0.25) is 0 Å². The molecule has 2 fully saturated rings. The van der Waals surface area contributed by atoms with Crippen molar-refractivity contribution in [3.05, 3.63) is 36.0 Å². The Hall–Kier alpha value is -2.62. The molecule has 1 amide bonds. The van der Waals surface area contributed by atoms with Crippen molar-refractivity contribution >= 4 is 11.7 Å². The molecule has 2 saturated heterocycles. The number of benzene rings is 1. The van der Waals surface area contributed by atoms with E-state index in [4.69, 9.17) is 9.47 Å². The molecule has 33 heavy (non-hydrogen) atoms. The van der Waals surface area contributed by atoms with E-state index in [2.05, 4.69) is 40.0 Å². The molecule has 2 atom stereocenters. The fraction of sp³-hybridized carbons (Fsp3) is 0.583. The van der Waals surface area contributed by atoms with E-state index in [1.54, 1.807) is 24.4 Å². The van der Waals surface area contributed by atoms with Crippen LogP contribution in [0.5, 0.6) is 11.5 Å². The lowest BCUT2D eigenvalue weighted by molar-refractivity contribution is 0.102. The number of nitrogens with one attached hydrogen (secondary N) is 3. The molecule has 0 saturated carbocycles. The molecule has 1 aromatic carbocycles. The number of hydrogen-bond acceptors (Lipinski definition) is 7. The van der Waals surface area contributed by atoms with Crippen LogP contribution in [0.15, 0.2) is 30.5 Å². The van der Waals surface area contributed by atoms with Crippen LogP contribution in [0, 0.1) is 5.92 Å². The number of piperidine rings is 1. The number of anilines is 1. The highest BCUT2D eigenvalue weighted by Gasteiger charge is 2.29. The lowest BCUT2D eigenvalue weighted by Gasteiger charge is -2.34. The Kier molecular flexibility index (Phi) is 6.52. The predicted molar refractivity (Wildman–Crippen MR) is 125 cm³/mol. The number of carbonyl (C=O) groups excluding carboxylic acids is 1. The van der Waals surface area contributed by atoms with Crippen LogP contribution in [0.4, 0.5) is 5.82 Å². The van der Waals surface area contributed by atoms with Crippen LogP contribution in [-0.4, -0.2) is 59.1 Å². The molecule has 0 radical (unpaired) electrons. The minimum Gasteiger partial charge on any atom is -0.454 e. The molecule has 3 aliphatic rings. The molecule has 9 nitrogen and oxygen atoms in total. The minimum atomic E-state index is -0.178.